The van der Waals surface area contributed by atoms with Crippen molar-refractivity contribution in [1.82, 2.24) is 35.1 Å². The molecule has 0 bridgehead atoms. The second-order valence-electron chi connectivity index (χ2n) is 5.65. The Bertz CT molecular complexity index is 853. The number of fused-ring (bicyclic) bond motifs is 1. The minimum Gasteiger partial charge on any atom is -0.352 e. The number of nitrogens with zero attached hydrogens (tertiary/aromatic N) is 8. The number of carbonyl (C=O) groups excluding carboxylic acids is 1. The number of amides is 1. The van der Waals surface area contributed by atoms with Crippen LogP contribution >= 0.6 is 11.3 Å². The predicted molar refractivity (Wildman–Crippen MR) is 88.8 cm³/mol. The molecule has 4 heterocycles. The van der Waals surface area contributed by atoms with Crippen molar-refractivity contribution in [2.75, 3.05) is 31.1 Å². The molecule has 3 aromatic rings. The molecule has 0 saturated carbocycles. The van der Waals surface area contributed by atoms with E-state index < -0.39 is 0 Å². The summed E-state index contributed by atoms with van der Waals surface area (Å²) in [6, 6.07) is 2.13. The highest BCUT2D eigenvalue weighted by Crippen LogP contribution is 2.30. The molecule has 124 valence electrons. The smallest absolute Gasteiger partial charge is 0.244 e. The van der Waals surface area contributed by atoms with E-state index in [0.29, 0.717) is 13.1 Å². The lowest BCUT2D eigenvalue weighted by Crippen LogP contribution is -2.50. The first-order chi connectivity index (χ1) is 11.7. The number of piperazine rings is 1. The minimum absolute atomic E-state index is 0.0289. The van der Waals surface area contributed by atoms with Gasteiger partial charge in [0.1, 0.15) is 29.8 Å². The zero-order chi connectivity index (χ0) is 16.5. The van der Waals surface area contributed by atoms with Gasteiger partial charge in [-0.25, -0.2) is 14.6 Å². The molecule has 24 heavy (non-hydrogen) atoms. The molecule has 0 spiro atoms. The lowest BCUT2D eigenvalue weighted by molar-refractivity contribution is -0.132. The first kappa shape index (κ1) is 14.9. The van der Waals surface area contributed by atoms with Gasteiger partial charge in [0.25, 0.3) is 0 Å². The number of hydrogen-bond donors (Lipinski definition) is 0. The summed E-state index contributed by atoms with van der Waals surface area (Å²) in [7, 11) is 0. The Morgan fingerprint density at radius 1 is 1.25 bits per heavy atom. The number of anilines is 1. The molecule has 1 aliphatic rings. The van der Waals surface area contributed by atoms with Gasteiger partial charge >= 0.3 is 0 Å². The second-order valence-corrected chi connectivity index (χ2v) is 6.88. The molecule has 1 aliphatic heterocycles. The third kappa shape index (κ3) is 2.80. The molecule has 0 N–H and O–H groups in total. The standard InChI is InChI=1S/C14H16N8OS/c1-10-6-11-13(15-8-16-14(11)24-10)21-4-2-20(3-5-21)12(23)7-22-9-17-18-19-22/h6,8-9H,2-5,7H2,1H3. The van der Waals surface area contributed by atoms with Crippen LogP contribution in [0.1, 0.15) is 4.88 Å². The van der Waals surface area contributed by atoms with Gasteiger partial charge < -0.3 is 9.80 Å². The SMILES string of the molecule is Cc1cc2c(N3CCN(C(=O)Cn4cnnn4)CC3)ncnc2s1. The fourth-order valence-electron chi connectivity index (χ4n) is 2.87. The topological polar surface area (TPSA) is 92.9 Å². The Morgan fingerprint density at radius 2 is 2.08 bits per heavy atom. The number of aryl methyl sites for hydroxylation is 1. The Hall–Kier alpha value is -2.62. The Morgan fingerprint density at radius 3 is 2.83 bits per heavy atom. The van der Waals surface area contributed by atoms with Gasteiger partial charge in [-0.1, -0.05) is 0 Å². The van der Waals surface area contributed by atoms with Crippen molar-refractivity contribution in [3.63, 3.8) is 0 Å². The molecule has 4 rings (SSSR count). The van der Waals surface area contributed by atoms with Crippen LogP contribution in [0.25, 0.3) is 10.2 Å². The van der Waals surface area contributed by atoms with Crippen LogP contribution in [0, 0.1) is 6.92 Å². The monoisotopic (exact) mass is 344 g/mol. The molecule has 1 fully saturated rings. The van der Waals surface area contributed by atoms with Gasteiger partial charge in [-0.05, 0) is 23.4 Å². The van der Waals surface area contributed by atoms with Crippen molar-refractivity contribution in [2.45, 2.75) is 13.5 Å². The Kier molecular flexibility index (Phi) is 3.81. The Labute approximate surface area is 141 Å². The van der Waals surface area contributed by atoms with E-state index in [4.69, 9.17) is 0 Å². The molecule has 3 aromatic heterocycles. The van der Waals surface area contributed by atoms with E-state index in [2.05, 4.69) is 43.4 Å². The van der Waals surface area contributed by atoms with Gasteiger partial charge in [0.15, 0.2) is 0 Å². The second kappa shape index (κ2) is 6.11. The first-order valence-corrected chi connectivity index (χ1v) is 8.47. The van der Waals surface area contributed by atoms with Crippen molar-refractivity contribution in [1.29, 1.82) is 0 Å². The maximum atomic E-state index is 12.3. The summed E-state index contributed by atoms with van der Waals surface area (Å²) < 4.78 is 1.44. The quantitative estimate of drug-likeness (QED) is 0.676. The molecule has 9 nitrogen and oxygen atoms in total. The molecule has 0 radical (unpaired) electrons. The number of carbonyl (C=O) groups is 1. The number of aromatic nitrogens is 6. The van der Waals surface area contributed by atoms with Gasteiger partial charge in [-0.3, -0.25) is 4.79 Å². The maximum absolute atomic E-state index is 12.3. The van der Waals surface area contributed by atoms with Crippen molar-refractivity contribution in [3.8, 4) is 0 Å². The summed E-state index contributed by atoms with van der Waals surface area (Å²) in [5.41, 5.74) is 0. The van der Waals surface area contributed by atoms with Gasteiger partial charge in [-0.2, -0.15) is 0 Å². The van der Waals surface area contributed by atoms with E-state index >= 15 is 0 Å². The minimum atomic E-state index is 0.0289. The molecular weight excluding hydrogens is 328 g/mol. The fourth-order valence-corrected chi connectivity index (χ4v) is 3.72. The van der Waals surface area contributed by atoms with Crippen LogP contribution in [0.4, 0.5) is 5.82 Å². The van der Waals surface area contributed by atoms with E-state index in [0.717, 1.165) is 29.1 Å². The van der Waals surface area contributed by atoms with E-state index in [1.165, 1.54) is 15.9 Å². The van der Waals surface area contributed by atoms with E-state index in [-0.39, 0.29) is 12.5 Å². The largest absolute Gasteiger partial charge is 0.352 e. The average Bonchev–Trinajstić information content (AvgIpc) is 3.23. The molecule has 0 unspecified atom stereocenters. The average molecular weight is 344 g/mol. The zero-order valence-electron chi connectivity index (χ0n) is 13.2. The summed E-state index contributed by atoms with van der Waals surface area (Å²) in [5, 5.41) is 11.9. The normalized spacial score (nSPS) is 15.2. The third-order valence-corrected chi connectivity index (χ3v) is 5.01. The van der Waals surface area contributed by atoms with Crippen molar-refractivity contribution < 1.29 is 4.79 Å². The zero-order valence-corrected chi connectivity index (χ0v) is 14.0. The predicted octanol–water partition coefficient (Wildman–Crippen LogP) is 0.335. The lowest BCUT2D eigenvalue weighted by Gasteiger charge is -2.35. The first-order valence-electron chi connectivity index (χ1n) is 7.65. The van der Waals surface area contributed by atoms with Crippen LogP contribution in [0.2, 0.25) is 0 Å². The molecule has 1 saturated heterocycles. The van der Waals surface area contributed by atoms with E-state index in [1.807, 2.05) is 4.90 Å². The van der Waals surface area contributed by atoms with Gasteiger partial charge in [0.05, 0.1) is 5.39 Å². The van der Waals surface area contributed by atoms with Crippen molar-refractivity contribution in [2.24, 2.45) is 0 Å². The van der Waals surface area contributed by atoms with Crippen LogP contribution in [-0.2, 0) is 11.3 Å². The number of thiophene rings is 1. The van der Waals surface area contributed by atoms with Gasteiger partial charge in [0, 0.05) is 31.1 Å². The summed E-state index contributed by atoms with van der Waals surface area (Å²) >= 11 is 1.67. The third-order valence-electron chi connectivity index (χ3n) is 4.05. The summed E-state index contributed by atoms with van der Waals surface area (Å²) in [6.45, 7) is 5.08. The summed E-state index contributed by atoms with van der Waals surface area (Å²) in [6.07, 6.45) is 3.06. The molecule has 0 atom stereocenters. The van der Waals surface area contributed by atoms with Crippen molar-refractivity contribution >= 4 is 33.3 Å². The van der Waals surface area contributed by atoms with Crippen LogP contribution in [0.5, 0.6) is 0 Å². The molecular formula is C14H16N8OS. The van der Waals surface area contributed by atoms with Crippen LogP contribution in [-0.4, -0.2) is 67.2 Å². The maximum Gasteiger partial charge on any atom is 0.244 e. The summed E-state index contributed by atoms with van der Waals surface area (Å²) in [4.78, 5) is 27.4. The van der Waals surface area contributed by atoms with Crippen LogP contribution in [0.15, 0.2) is 18.7 Å². The van der Waals surface area contributed by atoms with E-state index in [1.54, 1.807) is 17.7 Å². The number of tetrazole rings is 1. The highest BCUT2D eigenvalue weighted by Gasteiger charge is 2.23. The van der Waals surface area contributed by atoms with Gasteiger partial charge in [-0.15, -0.1) is 16.4 Å². The van der Waals surface area contributed by atoms with E-state index in [9.17, 15) is 4.79 Å². The molecule has 1 amide bonds. The van der Waals surface area contributed by atoms with Gasteiger partial charge in [0.2, 0.25) is 5.91 Å². The number of rotatable bonds is 3. The highest BCUT2D eigenvalue weighted by atomic mass is 32.1. The fraction of sp³-hybridized carbons (Fsp3) is 0.429. The lowest BCUT2D eigenvalue weighted by atomic mass is 10.2. The Balaban J connectivity index is 1.44. The molecule has 10 heteroatoms. The van der Waals surface area contributed by atoms with Crippen LogP contribution in [0.3, 0.4) is 0 Å². The molecule has 0 aromatic carbocycles. The van der Waals surface area contributed by atoms with Crippen molar-refractivity contribution in [3.05, 3.63) is 23.6 Å². The highest BCUT2D eigenvalue weighted by molar-refractivity contribution is 7.18. The number of hydrogen-bond acceptors (Lipinski definition) is 8. The van der Waals surface area contributed by atoms with Crippen LogP contribution < -0.4 is 4.90 Å². The summed E-state index contributed by atoms with van der Waals surface area (Å²) in [5.74, 6) is 0.984. The molecule has 0 aliphatic carbocycles.